The Morgan fingerprint density at radius 2 is 1.54 bits per heavy atom. The average Bonchev–Trinajstić information content (AvgIpc) is 3.34. The van der Waals surface area contributed by atoms with Gasteiger partial charge < -0.3 is 14.2 Å². The highest BCUT2D eigenvalue weighted by molar-refractivity contribution is 5.77. The highest BCUT2D eigenvalue weighted by Crippen LogP contribution is 2.34. The molecule has 6 rings (SSSR count). The van der Waals surface area contributed by atoms with E-state index in [0.29, 0.717) is 36.6 Å². The molecule has 1 aliphatic heterocycles. The van der Waals surface area contributed by atoms with E-state index in [1.54, 1.807) is 7.05 Å². The van der Waals surface area contributed by atoms with Crippen LogP contribution in [0.2, 0.25) is 0 Å². The molecule has 3 heterocycles. The first kappa shape index (κ1) is 24.7. The number of para-hydroxylation sites is 1. The minimum atomic E-state index is -0.335. The lowest BCUT2D eigenvalue weighted by Gasteiger charge is -2.33. The molecule has 198 valence electrons. The molecule has 5 aromatic rings. The van der Waals surface area contributed by atoms with E-state index in [-0.39, 0.29) is 17.2 Å². The van der Waals surface area contributed by atoms with Crippen molar-refractivity contribution in [2.24, 2.45) is 13.0 Å². The van der Waals surface area contributed by atoms with Gasteiger partial charge in [-0.2, -0.15) is 4.98 Å². The Bertz CT molecular complexity index is 1720. The molecule has 3 aromatic carbocycles. The molecule has 8 nitrogen and oxygen atoms in total. The molecule has 0 radical (unpaired) electrons. The Hall–Kier alpha value is -4.59. The highest BCUT2D eigenvalue weighted by atomic mass is 16.5. The second kappa shape index (κ2) is 10.3. The van der Waals surface area contributed by atoms with Gasteiger partial charge >= 0.3 is 5.69 Å². The van der Waals surface area contributed by atoms with E-state index in [4.69, 9.17) is 9.72 Å². The summed E-state index contributed by atoms with van der Waals surface area (Å²) in [4.78, 5) is 33.9. The van der Waals surface area contributed by atoms with Gasteiger partial charge in [0.25, 0.3) is 5.56 Å². The van der Waals surface area contributed by atoms with Gasteiger partial charge in [-0.25, -0.2) is 4.79 Å². The van der Waals surface area contributed by atoms with Crippen LogP contribution in [-0.4, -0.2) is 25.2 Å². The van der Waals surface area contributed by atoms with Crippen LogP contribution < -0.4 is 20.9 Å². The van der Waals surface area contributed by atoms with Crippen LogP contribution in [0.15, 0.2) is 94.5 Å². The third-order valence-corrected chi connectivity index (χ3v) is 7.26. The Kier molecular flexibility index (Phi) is 6.52. The molecule has 1 aliphatic rings. The molecular formula is C31H31N5O3. The Balaban J connectivity index is 1.33. The van der Waals surface area contributed by atoms with E-state index in [9.17, 15) is 9.59 Å². The van der Waals surface area contributed by atoms with Gasteiger partial charge in [-0.15, -0.1) is 0 Å². The van der Waals surface area contributed by atoms with Gasteiger partial charge in [-0.3, -0.25) is 13.9 Å². The molecule has 1 atom stereocenters. The monoisotopic (exact) mass is 521 g/mol. The Morgan fingerprint density at radius 3 is 2.26 bits per heavy atom. The summed E-state index contributed by atoms with van der Waals surface area (Å²) in [5, 5.41) is 0. The molecule has 0 spiro atoms. The normalized spacial score (nSPS) is 14.9. The molecule has 0 N–H and O–H groups in total. The predicted octanol–water partition coefficient (Wildman–Crippen LogP) is 5.11. The summed E-state index contributed by atoms with van der Waals surface area (Å²) in [6, 6.07) is 27.7. The van der Waals surface area contributed by atoms with Crippen LogP contribution in [0.5, 0.6) is 11.5 Å². The number of anilines is 2. The summed E-state index contributed by atoms with van der Waals surface area (Å²) < 4.78 is 10.8. The number of benzene rings is 3. The maximum absolute atomic E-state index is 13.7. The van der Waals surface area contributed by atoms with Crippen molar-refractivity contribution in [1.82, 2.24) is 18.7 Å². The van der Waals surface area contributed by atoms with Gasteiger partial charge in [-0.05, 0) is 60.7 Å². The lowest BCUT2D eigenvalue weighted by atomic mass is 10.1. The molecule has 0 aliphatic carbocycles. The Labute approximate surface area is 226 Å². The zero-order valence-corrected chi connectivity index (χ0v) is 22.2. The zero-order valence-electron chi connectivity index (χ0n) is 22.2. The van der Waals surface area contributed by atoms with Crippen LogP contribution in [0.25, 0.3) is 11.2 Å². The van der Waals surface area contributed by atoms with Crippen molar-refractivity contribution in [2.45, 2.75) is 32.9 Å². The standard InChI is InChI=1S/C31H31N5O3/c1-22-20-35(24-15-17-26(18-16-24)39-25-13-7-4-8-14-25)30-32-28-27(36(30)21-22)29(37)34(31(38)33(28)2)19-9-12-23-10-5-3-6-11-23/h3-8,10-11,13-18,22H,9,12,19-21H2,1-2H3/t22-/m0/s1. The number of aromatic nitrogens is 4. The summed E-state index contributed by atoms with van der Waals surface area (Å²) in [5.41, 5.74) is 2.43. The van der Waals surface area contributed by atoms with E-state index in [2.05, 4.69) is 24.0 Å². The van der Waals surface area contributed by atoms with Crippen LogP contribution in [0.1, 0.15) is 18.9 Å². The molecule has 0 saturated heterocycles. The fourth-order valence-corrected chi connectivity index (χ4v) is 5.32. The van der Waals surface area contributed by atoms with Crippen LogP contribution >= 0.6 is 0 Å². The number of imidazole rings is 1. The van der Waals surface area contributed by atoms with Crippen LogP contribution in [0.3, 0.4) is 0 Å². The number of ether oxygens (including phenoxy) is 1. The number of fused-ring (bicyclic) bond motifs is 3. The fourth-order valence-electron chi connectivity index (χ4n) is 5.32. The molecule has 2 aromatic heterocycles. The summed E-state index contributed by atoms with van der Waals surface area (Å²) >= 11 is 0. The van der Waals surface area contributed by atoms with Gasteiger partial charge in [0.05, 0.1) is 0 Å². The molecule has 8 heteroatoms. The van der Waals surface area contributed by atoms with Crippen LogP contribution in [-0.2, 0) is 26.6 Å². The SMILES string of the molecule is C[C@H]1CN(c2ccc(Oc3ccccc3)cc2)c2nc3c(c(=O)n(CCCc4ccccc4)c(=O)n3C)n2C1. The third-order valence-electron chi connectivity index (χ3n) is 7.26. The minimum absolute atomic E-state index is 0.276. The maximum atomic E-state index is 13.7. The van der Waals surface area contributed by atoms with Gasteiger partial charge in [0.2, 0.25) is 5.95 Å². The van der Waals surface area contributed by atoms with E-state index in [1.165, 1.54) is 14.7 Å². The van der Waals surface area contributed by atoms with Crippen molar-refractivity contribution in [1.29, 1.82) is 0 Å². The molecule has 0 fully saturated rings. The van der Waals surface area contributed by atoms with Crippen molar-refractivity contribution < 1.29 is 4.74 Å². The second-order valence-corrected chi connectivity index (χ2v) is 10.2. The van der Waals surface area contributed by atoms with Crippen molar-refractivity contribution in [2.75, 3.05) is 11.4 Å². The van der Waals surface area contributed by atoms with E-state index >= 15 is 0 Å². The highest BCUT2D eigenvalue weighted by Gasteiger charge is 2.29. The largest absolute Gasteiger partial charge is 0.457 e. The molecule has 0 unspecified atom stereocenters. The van der Waals surface area contributed by atoms with Gasteiger partial charge in [0, 0.05) is 32.4 Å². The van der Waals surface area contributed by atoms with Crippen molar-refractivity contribution in [3.8, 4) is 11.5 Å². The lowest BCUT2D eigenvalue weighted by molar-refractivity contribution is 0.457. The summed E-state index contributed by atoms with van der Waals surface area (Å²) in [6.45, 7) is 3.93. The maximum Gasteiger partial charge on any atom is 0.332 e. The first-order valence-electron chi connectivity index (χ1n) is 13.3. The molecule has 0 amide bonds. The van der Waals surface area contributed by atoms with E-state index in [0.717, 1.165) is 30.2 Å². The first-order chi connectivity index (χ1) is 19.0. The Morgan fingerprint density at radius 1 is 0.872 bits per heavy atom. The quantitative estimate of drug-likeness (QED) is 0.298. The smallest absolute Gasteiger partial charge is 0.332 e. The fraction of sp³-hybridized carbons (Fsp3) is 0.258. The number of hydrogen-bond acceptors (Lipinski definition) is 5. The van der Waals surface area contributed by atoms with Crippen LogP contribution in [0.4, 0.5) is 11.6 Å². The summed E-state index contributed by atoms with van der Waals surface area (Å²) in [5.74, 6) is 2.47. The van der Waals surface area contributed by atoms with Crippen molar-refractivity contribution in [3.63, 3.8) is 0 Å². The van der Waals surface area contributed by atoms with Gasteiger partial charge in [0.15, 0.2) is 11.2 Å². The number of rotatable bonds is 7. The van der Waals surface area contributed by atoms with Gasteiger partial charge in [-0.1, -0.05) is 55.5 Å². The van der Waals surface area contributed by atoms with Crippen LogP contribution in [0, 0.1) is 5.92 Å². The number of aryl methyl sites for hydroxylation is 2. The van der Waals surface area contributed by atoms with E-state index < -0.39 is 0 Å². The summed E-state index contributed by atoms with van der Waals surface area (Å²) in [6.07, 6.45) is 1.50. The minimum Gasteiger partial charge on any atom is -0.457 e. The topological polar surface area (TPSA) is 74.3 Å². The summed E-state index contributed by atoms with van der Waals surface area (Å²) in [7, 11) is 1.69. The molecular weight excluding hydrogens is 490 g/mol. The molecule has 0 bridgehead atoms. The molecule has 39 heavy (non-hydrogen) atoms. The van der Waals surface area contributed by atoms with Gasteiger partial charge in [0.1, 0.15) is 11.5 Å². The zero-order chi connectivity index (χ0) is 26.9. The molecule has 0 saturated carbocycles. The number of nitrogens with zero attached hydrogens (tertiary/aromatic N) is 5. The predicted molar refractivity (Wildman–Crippen MR) is 153 cm³/mol. The van der Waals surface area contributed by atoms with E-state index in [1.807, 2.05) is 77.4 Å². The second-order valence-electron chi connectivity index (χ2n) is 10.2. The average molecular weight is 522 g/mol. The first-order valence-corrected chi connectivity index (χ1v) is 13.3. The lowest BCUT2D eigenvalue weighted by Crippen LogP contribution is -2.40. The van der Waals surface area contributed by atoms with Crippen molar-refractivity contribution in [3.05, 3.63) is 111 Å². The van der Waals surface area contributed by atoms with Crippen molar-refractivity contribution >= 4 is 22.8 Å². The third kappa shape index (κ3) is 4.74. The number of hydrogen-bond donors (Lipinski definition) is 0.